The third-order valence-electron chi connectivity index (χ3n) is 0.600. The van der Waals surface area contributed by atoms with Crippen molar-refractivity contribution in [1.29, 1.82) is 0 Å². The molecule has 42 valence electrons. The lowest BCUT2D eigenvalue weighted by molar-refractivity contribution is 0.981. The zero-order valence-corrected chi connectivity index (χ0v) is 4.63. The van der Waals surface area contributed by atoms with Crippen LogP contribution in [0.25, 0.3) is 0 Å². The smallest absolute Gasteiger partial charge is 0.183 e. The van der Waals surface area contributed by atoms with Gasteiger partial charge in [0, 0.05) is 0 Å². The first-order chi connectivity index (χ1) is 3.80. The van der Waals surface area contributed by atoms with Crippen molar-refractivity contribution >= 4 is 17.4 Å². The number of rotatable bonds is 0. The van der Waals surface area contributed by atoms with E-state index in [-0.39, 0.29) is 11.0 Å². The molecule has 5 heteroatoms. The highest BCUT2D eigenvalue weighted by atomic mass is 35.5. The lowest BCUT2D eigenvalue weighted by Gasteiger charge is -1.87. The first-order valence-electron chi connectivity index (χ1n) is 1.89. The summed E-state index contributed by atoms with van der Waals surface area (Å²) in [5, 5.41) is 6.98. The summed E-state index contributed by atoms with van der Waals surface area (Å²) in [5.74, 6) is 0.161. The average molecular weight is 131 g/mol. The van der Waals surface area contributed by atoms with E-state index in [0.717, 1.165) is 0 Å². The Balaban J connectivity index is 3.13. The predicted molar refractivity (Wildman–Crippen MR) is 29.2 cm³/mol. The van der Waals surface area contributed by atoms with E-state index in [1.165, 1.54) is 6.33 Å². The molecule has 0 spiro atoms. The predicted octanol–water partition coefficient (Wildman–Crippen LogP) is 0.107. The number of halogens is 1. The SMILES string of the molecule is Nc1nncnc1Cl. The van der Waals surface area contributed by atoms with Crippen LogP contribution < -0.4 is 5.73 Å². The summed E-state index contributed by atoms with van der Waals surface area (Å²) in [6.45, 7) is 0. The van der Waals surface area contributed by atoms with Crippen LogP contribution in [0.3, 0.4) is 0 Å². The van der Waals surface area contributed by atoms with Crippen molar-refractivity contribution < 1.29 is 0 Å². The van der Waals surface area contributed by atoms with E-state index >= 15 is 0 Å². The van der Waals surface area contributed by atoms with Gasteiger partial charge in [-0.3, -0.25) is 0 Å². The van der Waals surface area contributed by atoms with E-state index in [0.29, 0.717) is 0 Å². The van der Waals surface area contributed by atoms with Crippen LogP contribution in [-0.4, -0.2) is 15.2 Å². The number of hydrogen-bond donors (Lipinski definition) is 1. The molecule has 1 heterocycles. The Hall–Kier alpha value is -0.900. The minimum absolute atomic E-state index is 0.161. The maximum Gasteiger partial charge on any atom is 0.183 e. The quantitative estimate of drug-likeness (QED) is 0.541. The van der Waals surface area contributed by atoms with E-state index in [1.54, 1.807) is 0 Å². The summed E-state index contributed by atoms with van der Waals surface area (Å²) < 4.78 is 0. The molecule has 8 heavy (non-hydrogen) atoms. The number of nitrogen functional groups attached to an aromatic ring is 1. The Morgan fingerprint density at radius 3 is 2.75 bits per heavy atom. The van der Waals surface area contributed by atoms with Crippen molar-refractivity contribution in [3.05, 3.63) is 11.5 Å². The summed E-state index contributed by atoms with van der Waals surface area (Å²) in [5.41, 5.74) is 5.15. The Kier molecular flexibility index (Phi) is 1.26. The van der Waals surface area contributed by atoms with Crippen LogP contribution in [0.5, 0.6) is 0 Å². The van der Waals surface area contributed by atoms with Gasteiger partial charge in [0.15, 0.2) is 11.0 Å². The highest BCUT2D eigenvalue weighted by Crippen LogP contribution is 2.06. The normalized spacial score (nSPS) is 9.12. The maximum absolute atomic E-state index is 5.37. The van der Waals surface area contributed by atoms with Crippen molar-refractivity contribution in [3.63, 3.8) is 0 Å². The lowest BCUT2D eigenvalue weighted by Crippen LogP contribution is -1.94. The molecule has 0 saturated heterocycles. The van der Waals surface area contributed by atoms with Gasteiger partial charge in [-0.2, -0.15) is 0 Å². The summed E-state index contributed by atoms with van der Waals surface area (Å²) in [6.07, 6.45) is 1.23. The van der Waals surface area contributed by atoms with Crippen LogP contribution >= 0.6 is 11.6 Å². The highest BCUT2D eigenvalue weighted by Gasteiger charge is 1.92. The number of anilines is 1. The molecule has 0 atom stereocenters. The van der Waals surface area contributed by atoms with Gasteiger partial charge in [-0.1, -0.05) is 11.6 Å². The molecule has 0 bridgehead atoms. The van der Waals surface area contributed by atoms with Crippen molar-refractivity contribution in [1.82, 2.24) is 15.2 Å². The molecular formula is C3H3ClN4. The van der Waals surface area contributed by atoms with E-state index in [9.17, 15) is 0 Å². The summed E-state index contributed by atoms with van der Waals surface area (Å²) in [7, 11) is 0. The summed E-state index contributed by atoms with van der Waals surface area (Å²) >= 11 is 5.37. The monoisotopic (exact) mass is 130 g/mol. The van der Waals surface area contributed by atoms with Crippen molar-refractivity contribution in [2.75, 3.05) is 5.73 Å². The fourth-order valence-electron chi connectivity index (χ4n) is 0.272. The molecule has 0 saturated carbocycles. The van der Waals surface area contributed by atoms with Crippen LogP contribution in [0.15, 0.2) is 6.33 Å². The Labute approximate surface area is 50.7 Å². The van der Waals surface area contributed by atoms with Gasteiger partial charge in [-0.15, -0.1) is 10.2 Å². The van der Waals surface area contributed by atoms with Gasteiger partial charge < -0.3 is 5.73 Å². The molecule has 0 unspecified atom stereocenters. The molecule has 0 fully saturated rings. The Morgan fingerprint density at radius 1 is 1.62 bits per heavy atom. The molecule has 0 aliphatic heterocycles. The minimum Gasteiger partial charge on any atom is -0.380 e. The van der Waals surface area contributed by atoms with Crippen LogP contribution in [0.4, 0.5) is 5.82 Å². The fraction of sp³-hybridized carbons (Fsp3) is 0. The first kappa shape index (κ1) is 5.24. The lowest BCUT2D eigenvalue weighted by atomic mass is 10.8. The minimum atomic E-state index is 0.161. The fourth-order valence-corrected chi connectivity index (χ4v) is 0.353. The molecule has 2 N–H and O–H groups in total. The highest BCUT2D eigenvalue weighted by molar-refractivity contribution is 6.31. The zero-order chi connectivity index (χ0) is 5.98. The third-order valence-corrected chi connectivity index (χ3v) is 0.891. The number of nitrogens with two attached hydrogens (primary N) is 1. The van der Waals surface area contributed by atoms with E-state index < -0.39 is 0 Å². The average Bonchev–Trinajstić information content (AvgIpc) is 1.77. The summed E-state index contributed by atoms with van der Waals surface area (Å²) in [4.78, 5) is 3.55. The molecule has 1 rings (SSSR count). The van der Waals surface area contributed by atoms with Gasteiger partial charge in [0.2, 0.25) is 0 Å². The van der Waals surface area contributed by atoms with Gasteiger partial charge >= 0.3 is 0 Å². The molecule has 0 aromatic carbocycles. The molecule has 0 aliphatic carbocycles. The summed E-state index contributed by atoms with van der Waals surface area (Å²) in [6, 6.07) is 0. The molecule has 4 nitrogen and oxygen atoms in total. The maximum atomic E-state index is 5.37. The molecule has 0 radical (unpaired) electrons. The molecular weight excluding hydrogens is 128 g/mol. The molecule has 0 amide bonds. The van der Waals surface area contributed by atoms with E-state index in [1.807, 2.05) is 0 Å². The van der Waals surface area contributed by atoms with Gasteiger partial charge in [0.25, 0.3) is 0 Å². The van der Waals surface area contributed by atoms with E-state index in [2.05, 4.69) is 15.2 Å². The second-order valence-electron chi connectivity index (χ2n) is 1.14. The van der Waals surface area contributed by atoms with Gasteiger partial charge in [-0.25, -0.2) is 4.98 Å². The first-order valence-corrected chi connectivity index (χ1v) is 2.27. The second-order valence-corrected chi connectivity index (χ2v) is 1.49. The Morgan fingerprint density at radius 2 is 2.38 bits per heavy atom. The molecule has 1 aromatic rings. The number of hydrogen-bond acceptors (Lipinski definition) is 4. The topological polar surface area (TPSA) is 64.7 Å². The van der Waals surface area contributed by atoms with Crippen LogP contribution in [0.2, 0.25) is 5.15 Å². The third kappa shape index (κ3) is 0.840. The van der Waals surface area contributed by atoms with Crippen molar-refractivity contribution in [3.8, 4) is 0 Å². The van der Waals surface area contributed by atoms with Crippen LogP contribution in [-0.2, 0) is 0 Å². The van der Waals surface area contributed by atoms with Gasteiger partial charge in [0.1, 0.15) is 6.33 Å². The second kappa shape index (κ2) is 1.92. The standard InChI is InChI=1S/C3H3ClN4/c4-2-3(5)8-7-1-6-2/h1H,(H2,5,8). The van der Waals surface area contributed by atoms with Crippen LogP contribution in [0.1, 0.15) is 0 Å². The van der Waals surface area contributed by atoms with E-state index in [4.69, 9.17) is 17.3 Å². The van der Waals surface area contributed by atoms with Gasteiger partial charge in [-0.05, 0) is 0 Å². The molecule has 1 aromatic heterocycles. The largest absolute Gasteiger partial charge is 0.380 e. The van der Waals surface area contributed by atoms with Crippen LogP contribution in [0, 0.1) is 0 Å². The van der Waals surface area contributed by atoms with Crippen molar-refractivity contribution in [2.24, 2.45) is 0 Å². The zero-order valence-electron chi connectivity index (χ0n) is 3.87. The number of nitrogens with zero attached hydrogens (tertiary/aromatic N) is 3. The van der Waals surface area contributed by atoms with Crippen molar-refractivity contribution in [2.45, 2.75) is 0 Å². The molecule has 0 aliphatic rings. The van der Waals surface area contributed by atoms with Gasteiger partial charge in [0.05, 0.1) is 0 Å². The number of aromatic nitrogens is 3. The Bertz CT molecular complexity index is 167.